The highest BCUT2D eigenvalue weighted by Crippen LogP contribution is 2.28. The quantitative estimate of drug-likeness (QED) is 0.364. The summed E-state index contributed by atoms with van der Waals surface area (Å²) in [7, 11) is 0. The molecule has 1 heterocycles. The first kappa shape index (κ1) is 7.31. The van der Waals surface area contributed by atoms with Crippen LogP contribution in [0.15, 0.2) is 0 Å². The van der Waals surface area contributed by atoms with Crippen LogP contribution in [0, 0.1) is 0 Å². The average molecular weight is 240 g/mol. The van der Waals surface area contributed by atoms with Gasteiger partial charge in [-0.15, -0.1) is 0 Å². The number of cyclic esters (lactones) is 1. The van der Waals surface area contributed by atoms with Crippen LogP contribution in [0.5, 0.6) is 0 Å². The number of hydrogen-bond donors (Lipinski definition) is 0. The molecule has 0 spiro atoms. The van der Waals surface area contributed by atoms with E-state index >= 15 is 0 Å². The van der Waals surface area contributed by atoms with E-state index in [0.717, 1.165) is 6.42 Å². The summed E-state index contributed by atoms with van der Waals surface area (Å²) in [6.07, 6.45) is 1.53. The molecular weight excluding hydrogens is 231 g/mol. The normalized spacial score (nSPS) is 36.0. The SMILES string of the molecule is CC1(I)CCC(=O)OC1. The third-order valence-electron chi connectivity index (χ3n) is 1.38. The highest BCUT2D eigenvalue weighted by molar-refractivity contribution is 14.1. The van der Waals surface area contributed by atoms with Crippen molar-refractivity contribution in [1.29, 1.82) is 0 Å². The number of hydrogen-bond acceptors (Lipinski definition) is 2. The molecule has 0 aromatic heterocycles. The fourth-order valence-corrected chi connectivity index (χ4v) is 1.16. The monoisotopic (exact) mass is 240 g/mol. The van der Waals surface area contributed by atoms with Crippen molar-refractivity contribution in [3.05, 3.63) is 0 Å². The third kappa shape index (κ3) is 2.12. The molecule has 2 nitrogen and oxygen atoms in total. The second-order valence-electron chi connectivity index (χ2n) is 2.57. The predicted molar refractivity (Wildman–Crippen MR) is 42.6 cm³/mol. The summed E-state index contributed by atoms with van der Waals surface area (Å²) in [6.45, 7) is 2.67. The zero-order chi connectivity index (χ0) is 6.91. The van der Waals surface area contributed by atoms with Crippen LogP contribution in [0.3, 0.4) is 0 Å². The average Bonchev–Trinajstić information content (AvgIpc) is 1.78. The minimum atomic E-state index is -0.0517. The Morgan fingerprint density at radius 1 is 1.78 bits per heavy atom. The molecule has 0 amide bonds. The second kappa shape index (κ2) is 2.44. The van der Waals surface area contributed by atoms with E-state index in [1.807, 2.05) is 0 Å². The molecule has 0 aromatic carbocycles. The smallest absolute Gasteiger partial charge is 0.305 e. The Morgan fingerprint density at radius 2 is 2.44 bits per heavy atom. The van der Waals surface area contributed by atoms with Crippen LogP contribution in [0.2, 0.25) is 0 Å². The summed E-state index contributed by atoms with van der Waals surface area (Å²) < 4.78 is 5.03. The van der Waals surface area contributed by atoms with Crippen LogP contribution in [0.25, 0.3) is 0 Å². The Morgan fingerprint density at radius 3 is 2.78 bits per heavy atom. The fourth-order valence-electron chi connectivity index (χ4n) is 0.738. The summed E-state index contributed by atoms with van der Waals surface area (Å²) in [4.78, 5) is 10.5. The molecule has 0 radical (unpaired) electrons. The van der Waals surface area contributed by atoms with Crippen LogP contribution < -0.4 is 0 Å². The predicted octanol–water partition coefficient (Wildman–Crippen LogP) is 1.52. The van der Waals surface area contributed by atoms with E-state index in [0.29, 0.717) is 13.0 Å². The molecule has 1 unspecified atom stereocenters. The first-order chi connectivity index (χ1) is 4.10. The molecule has 0 aliphatic carbocycles. The van der Waals surface area contributed by atoms with Crippen LogP contribution in [0.1, 0.15) is 19.8 Å². The first-order valence-corrected chi connectivity index (χ1v) is 4.03. The van der Waals surface area contributed by atoms with Crippen LogP contribution >= 0.6 is 22.6 Å². The Balaban J connectivity index is 2.44. The molecule has 1 aliphatic heterocycles. The summed E-state index contributed by atoms with van der Waals surface area (Å²) in [5, 5.41) is 0. The topological polar surface area (TPSA) is 26.3 Å². The molecule has 0 aromatic rings. The fraction of sp³-hybridized carbons (Fsp3) is 0.833. The lowest BCUT2D eigenvalue weighted by molar-refractivity contribution is -0.147. The molecule has 9 heavy (non-hydrogen) atoms. The van der Waals surface area contributed by atoms with Crippen molar-refractivity contribution in [1.82, 2.24) is 0 Å². The third-order valence-corrected chi connectivity index (χ3v) is 2.24. The van der Waals surface area contributed by atoms with Gasteiger partial charge in [0.15, 0.2) is 0 Å². The van der Waals surface area contributed by atoms with Gasteiger partial charge < -0.3 is 4.74 Å². The van der Waals surface area contributed by atoms with Gasteiger partial charge in [-0.05, 0) is 13.3 Å². The minimum absolute atomic E-state index is 0.0517. The van der Waals surface area contributed by atoms with Gasteiger partial charge in [-0.1, -0.05) is 22.6 Å². The van der Waals surface area contributed by atoms with Crippen LogP contribution in [-0.4, -0.2) is 16.0 Å². The maximum atomic E-state index is 10.5. The highest BCUT2D eigenvalue weighted by Gasteiger charge is 2.27. The molecule has 52 valence electrons. The number of ether oxygens (including phenoxy) is 1. The van der Waals surface area contributed by atoms with Crippen molar-refractivity contribution in [2.45, 2.75) is 23.2 Å². The van der Waals surface area contributed by atoms with Gasteiger partial charge >= 0.3 is 5.97 Å². The minimum Gasteiger partial charge on any atom is -0.464 e. The summed E-state index contributed by atoms with van der Waals surface area (Å²) >= 11 is 2.32. The van der Waals surface area contributed by atoms with E-state index in [1.165, 1.54) is 0 Å². The lowest BCUT2D eigenvalue weighted by Gasteiger charge is -2.26. The molecule has 1 aliphatic rings. The van der Waals surface area contributed by atoms with Crippen molar-refractivity contribution in [2.75, 3.05) is 6.61 Å². The number of rotatable bonds is 0. The number of esters is 1. The van der Waals surface area contributed by atoms with Gasteiger partial charge in [0.2, 0.25) is 0 Å². The lowest BCUT2D eigenvalue weighted by atomic mass is 10.1. The summed E-state index contributed by atoms with van der Waals surface area (Å²) in [5.74, 6) is -0.0517. The maximum absolute atomic E-state index is 10.5. The zero-order valence-corrected chi connectivity index (χ0v) is 7.47. The lowest BCUT2D eigenvalue weighted by Crippen LogP contribution is -2.31. The van der Waals surface area contributed by atoms with Gasteiger partial charge in [0.05, 0.1) is 3.42 Å². The molecule has 3 heteroatoms. The number of carbonyl (C=O) groups is 1. The van der Waals surface area contributed by atoms with Gasteiger partial charge in [0.1, 0.15) is 6.61 Å². The van der Waals surface area contributed by atoms with Gasteiger partial charge in [-0.2, -0.15) is 0 Å². The van der Waals surface area contributed by atoms with Crippen molar-refractivity contribution >= 4 is 28.6 Å². The van der Waals surface area contributed by atoms with E-state index in [2.05, 4.69) is 29.5 Å². The van der Waals surface area contributed by atoms with Crippen molar-refractivity contribution in [3.8, 4) is 0 Å². The second-order valence-corrected chi connectivity index (χ2v) is 5.18. The molecule has 1 rings (SSSR count). The molecular formula is C6H9IO2. The largest absolute Gasteiger partial charge is 0.464 e. The van der Waals surface area contributed by atoms with E-state index in [-0.39, 0.29) is 9.39 Å². The van der Waals surface area contributed by atoms with Crippen LogP contribution in [-0.2, 0) is 9.53 Å². The Kier molecular flexibility index (Phi) is 1.98. The molecule has 0 bridgehead atoms. The molecule has 1 saturated heterocycles. The molecule has 1 atom stereocenters. The van der Waals surface area contributed by atoms with E-state index < -0.39 is 0 Å². The molecule has 1 fully saturated rings. The number of alkyl halides is 1. The molecule has 0 N–H and O–H groups in total. The first-order valence-electron chi connectivity index (χ1n) is 2.95. The summed E-state index contributed by atoms with van der Waals surface area (Å²) in [5.41, 5.74) is 0. The summed E-state index contributed by atoms with van der Waals surface area (Å²) in [6, 6.07) is 0. The standard InChI is InChI=1S/C6H9IO2/c1-6(7)3-2-5(8)9-4-6/h2-4H2,1H3. The van der Waals surface area contributed by atoms with Gasteiger partial charge in [-0.25, -0.2) is 0 Å². The Labute approximate surface area is 68.1 Å². The van der Waals surface area contributed by atoms with Crippen molar-refractivity contribution in [2.24, 2.45) is 0 Å². The van der Waals surface area contributed by atoms with Gasteiger partial charge in [-0.3, -0.25) is 4.79 Å². The van der Waals surface area contributed by atoms with Gasteiger partial charge in [0, 0.05) is 6.42 Å². The number of carbonyl (C=O) groups excluding carboxylic acids is 1. The Hall–Kier alpha value is 0.200. The Bertz CT molecular complexity index is 119. The van der Waals surface area contributed by atoms with Crippen molar-refractivity contribution < 1.29 is 9.53 Å². The van der Waals surface area contributed by atoms with Gasteiger partial charge in [0.25, 0.3) is 0 Å². The van der Waals surface area contributed by atoms with Crippen molar-refractivity contribution in [3.63, 3.8) is 0 Å². The van der Waals surface area contributed by atoms with E-state index in [9.17, 15) is 4.79 Å². The van der Waals surface area contributed by atoms with Crippen LogP contribution in [0.4, 0.5) is 0 Å². The molecule has 0 saturated carbocycles. The van der Waals surface area contributed by atoms with E-state index in [4.69, 9.17) is 4.74 Å². The maximum Gasteiger partial charge on any atom is 0.305 e. The highest BCUT2D eigenvalue weighted by atomic mass is 127. The number of halogens is 1. The van der Waals surface area contributed by atoms with E-state index in [1.54, 1.807) is 0 Å². The zero-order valence-electron chi connectivity index (χ0n) is 5.32.